The summed E-state index contributed by atoms with van der Waals surface area (Å²) in [7, 11) is 0. The molecule has 2 rings (SSSR count). The van der Waals surface area contributed by atoms with Crippen LogP contribution in [-0.2, 0) is 25.6 Å². The molecule has 0 aromatic heterocycles. The first-order chi connectivity index (χ1) is 12.0. The Morgan fingerprint density at radius 2 is 1.64 bits per heavy atom. The summed E-state index contributed by atoms with van der Waals surface area (Å²) < 4.78 is 10.2. The van der Waals surface area contributed by atoms with Gasteiger partial charge in [-0.1, -0.05) is 12.1 Å². The first kappa shape index (κ1) is 18.9. The molecular formula is C18H23NO6. The van der Waals surface area contributed by atoms with Gasteiger partial charge in [-0.2, -0.15) is 0 Å². The van der Waals surface area contributed by atoms with E-state index in [0.29, 0.717) is 18.4 Å². The van der Waals surface area contributed by atoms with Crippen molar-refractivity contribution in [2.45, 2.75) is 45.3 Å². The first-order valence-electron chi connectivity index (χ1n) is 8.39. The van der Waals surface area contributed by atoms with Crippen LogP contribution in [0.2, 0.25) is 0 Å². The molecule has 7 heteroatoms. The van der Waals surface area contributed by atoms with Crippen LogP contribution in [0.5, 0.6) is 0 Å². The molecule has 0 radical (unpaired) electrons. The number of aromatic carboxylic acids is 1. The molecule has 0 amide bonds. The van der Waals surface area contributed by atoms with Gasteiger partial charge in [0.1, 0.15) is 12.1 Å². The third-order valence-electron chi connectivity index (χ3n) is 4.17. The second kappa shape index (κ2) is 8.62. The van der Waals surface area contributed by atoms with Crippen LogP contribution < -0.4 is 0 Å². The van der Waals surface area contributed by atoms with Crippen LogP contribution in [0.25, 0.3) is 0 Å². The van der Waals surface area contributed by atoms with Gasteiger partial charge >= 0.3 is 17.9 Å². The maximum atomic E-state index is 12.2. The number of benzene rings is 1. The lowest BCUT2D eigenvalue weighted by Crippen LogP contribution is -2.44. The molecule has 0 aliphatic carbocycles. The number of carbonyl (C=O) groups is 3. The van der Waals surface area contributed by atoms with Crippen molar-refractivity contribution in [1.82, 2.24) is 4.90 Å². The predicted octanol–water partition coefficient (Wildman–Crippen LogP) is 1.84. The Bertz CT molecular complexity index is 618. The van der Waals surface area contributed by atoms with Crippen molar-refractivity contribution < 1.29 is 29.0 Å². The maximum absolute atomic E-state index is 12.2. The minimum Gasteiger partial charge on any atom is -0.478 e. The highest BCUT2D eigenvalue weighted by atomic mass is 16.5. The van der Waals surface area contributed by atoms with Crippen LogP contribution in [0.4, 0.5) is 0 Å². The number of carboxylic acids is 1. The van der Waals surface area contributed by atoms with Gasteiger partial charge in [0.2, 0.25) is 0 Å². The van der Waals surface area contributed by atoms with Gasteiger partial charge in [-0.3, -0.25) is 14.5 Å². The molecule has 1 N–H and O–H groups in total. The lowest BCUT2D eigenvalue weighted by molar-refractivity contribution is -0.153. The molecule has 1 saturated heterocycles. The van der Waals surface area contributed by atoms with Crippen LogP contribution >= 0.6 is 0 Å². The second-order valence-corrected chi connectivity index (χ2v) is 5.79. The van der Waals surface area contributed by atoms with Crippen molar-refractivity contribution in [3.8, 4) is 0 Å². The largest absolute Gasteiger partial charge is 0.478 e. The fourth-order valence-corrected chi connectivity index (χ4v) is 3.08. The van der Waals surface area contributed by atoms with Gasteiger partial charge < -0.3 is 14.6 Å². The van der Waals surface area contributed by atoms with E-state index < -0.39 is 18.1 Å². The van der Waals surface area contributed by atoms with Gasteiger partial charge in [0.15, 0.2) is 0 Å². The second-order valence-electron chi connectivity index (χ2n) is 5.79. The van der Waals surface area contributed by atoms with E-state index in [0.717, 1.165) is 0 Å². The van der Waals surface area contributed by atoms with E-state index in [-0.39, 0.29) is 37.3 Å². The van der Waals surface area contributed by atoms with Crippen molar-refractivity contribution in [2.24, 2.45) is 0 Å². The number of carbonyl (C=O) groups excluding carboxylic acids is 2. The van der Waals surface area contributed by atoms with Crippen LogP contribution in [-0.4, -0.2) is 53.2 Å². The molecule has 1 aliphatic heterocycles. The Hall–Kier alpha value is -2.41. The zero-order valence-corrected chi connectivity index (χ0v) is 14.4. The van der Waals surface area contributed by atoms with E-state index in [1.54, 1.807) is 36.9 Å². The molecule has 0 bridgehead atoms. The normalized spacial score (nSPS) is 20.2. The van der Waals surface area contributed by atoms with Crippen molar-refractivity contribution in [3.63, 3.8) is 0 Å². The SMILES string of the molecule is CCOC(=O)[C@H]1CC[C@H](C(=O)OCC)N1Cc1cccc(C(=O)O)c1. The molecule has 1 fully saturated rings. The molecule has 0 saturated carbocycles. The fraction of sp³-hybridized carbons (Fsp3) is 0.500. The number of nitrogens with zero attached hydrogens (tertiary/aromatic N) is 1. The predicted molar refractivity (Wildman–Crippen MR) is 89.0 cm³/mol. The maximum Gasteiger partial charge on any atom is 0.335 e. The van der Waals surface area contributed by atoms with Crippen molar-refractivity contribution >= 4 is 17.9 Å². The molecule has 1 aromatic carbocycles. The standard InChI is InChI=1S/C18H23NO6/c1-3-24-17(22)14-8-9-15(18(23)25-4-2)19(14)11-12-6-5-7-13(10-12)16(20)21/h5-7,10,14-15H,3-4,8-9,11H2,1-2H3,(H,20,21)/t14-,15-/m1/s1. The topological polar surface area (TPSA) is 93.1 Å². The highest BCUT2D eigenvalue weighted by Gasteiger charge is 2.42. The molecule has 0 unspecified atom stereocenters. The third kappa shape index (κ3) is 4.57. The van der Waals surface area contributed by atoms with E-state index in [1.165, 1.54) is 6.07 Å². The van der Waals surface area contributed by atoms with E-state index in [1.807, 2.05) is 0 Å². The molecule has 1 heterocycles. The van der Waals surface area contributed by atoms with Gasteiger partial charge in [-0.15, -0.1) is 0 Å². The minimum absolute atomic E-state index is 0.164. The molecule has 2 atom stereocenters. The zero-order chi connectivity index (χ0) is 18.4. The van der Waals surface area contributed by atoms with Crippen molar-refractivity contribution in [2.75, 3.05) is 13.2 Å². The number of ether oxygens (including phenoxy) is 2. The third-order valence-corrected chi connectivity index (χ3v) is 4.17. The highest BCUT2D eigenvalue weighted by molar-refractivity contribution is 5.87. The fourth-order valence-electron chi connectivity index (χ4n) is 3.08. The summed E-state index contributed by atoms with van der Waals surface area (Å²) in [5, 5.41) is 9.13. The number of hydrogen-bond acceptors (Lipinski definition) is 6. The highest BCUT2D eigenvalue weighted by Crippen LogP contribution is 2.28. The van der Waals surface area contributed by atoms with Gasteiger partial charge in [-0.25, -0.2) is 4.79 Å². The van der Waals surface area contributed by atoms with Crippen LogP contribution in [0.1, 0.15) is 42.6 Å². The summed E-state index contributed by atoms with van der Waals surface area (Å²) in [6.07, 6.45) is 1.00. The molecule has 7 nitrogen and oxygen atoms in total. The Morgan fingerprint density at radius 1 is 1.08 bits per heavy atom. The Labute approximate surface area is 146 Å². The minimum atomic E-state index is -1.02. The lowest BCUT2D eigenvalue weighted by Gasteiger charge is -2.27. The average Bonchev–Trinajstić information content (AvgIpc) is 2.99. The first-order valence-corrected chi connectivity index (χ1v) is 8.39. The molecule has 25 heavy (non-hydrogen) atoms. The van der Waals surface area contributed by atoms with E-state index >= 15 is 0 Å². The summed E-state index contributed by atoms with van der Waals surface area (Å²) in [4.78, 5) is 37.4. The van der Waals surface area contributed by atoms with Gasteiger partial charge in [0, 0.05) is 6.54 Å². The van der Waals surface area contributed by atoms with Crippen molar-refractivity contribution in [1.29, 1.82) is 0 Å². The molecule has 1 aromatic rings. The Balaban J connectivity index is 2.25. The summed E-state index contributed by atoms with van der Waals surface area (Å²) in [6.45, 7) is 4.27. The van der Waals surface area contributed by atoms with Gasteiger partial charge in [0.05, 0.1) is 18.8 Å². The van der Waals surface area contributed by atoms with E-state index in [2.05, 4.69) is 0 Å². The van der Waals surface area contributed by atoms with Crippen LogP contribution in [0.3, 0.4) is 0 Å². The van der Waals surface area contributed by atoms with Crippen LogP contribution in [0.15, 0.2) is 24.3 Å². The summed E-state index contributed by atoms with van der Waals surface area (Å²) in [6, 6.07) is 5.39. The monoisotopic (exact) mass is 349 g/mol. The summed E-state index contributed by atoms with van der Waals surface area (Å²) in [5.41, 5.74) is 0.877. The summed E-state index contributed by atoms with van der Waals surface area (Å²) >= 11 is 0. The summed E-state index contributed by atoms with van der Waals surface area (Å²) in [5.74, 6) is -1.76. The van der Waals surface area contributed by atoms with Gasteiger partial charge in [-0.05, 0) is 44.4 Å². The number of hydrogen-bond donors (Lipinski definition) is 1. The van der Waals surface area contributed by atoms with E-state index in [9.17, 15) is 14.4 Å². The van der Waals surface area contributed by atoms with Crippen molar-refractivity contribution in [3.05, 3.63) is 35.4 Å². The molecule has 0 spiro atoms. The van der Waals surface area contributed by atoms with Gasteiger partial charge in [0.25, 0.3) is 0 Å². The average molecular weight is 349 g/mol. The molecule has 136 valence electrons. The van der Waals surface area contributed by atoms with Crippen LogP contribution in [0, 0.1) is 0 Å². The number of carboxylic acid groups (broad SMARTS) is 1. The quantitative estimate of drug-likeness (QED) is 0.751. The lowest BCUT2D eigenvalue weighted by atomic mass is 10.1. The zero-order valence-electron chi connectivity index (χ0n) is 14.4. The molecule has 1 aliphatic rings. The smallest absolute Gasteiger partial charge is 0.335 e. The Morgan fingerprint density at radius 3 is 2.12 bits per heavy atom. The Kier molecular flexibility index (Phi) is 6.52. The molecular weight excluding hydrogens is 326 g/mol. The van der Waals surface area contributed by atoms with E-state index in [4.69, 9.17) is 14.6 Å². The number of likely N-dealkylation sites (tertiary alicyclic amines) is 1. The number of rotatable bonds is 7. The number of esters is 2.